The fourth-order valence-electron chi connectivity index (χ4n) is 2.92. The number of nitrogens with zero attached hydrogens (tertiary/aromatic N) is 2. The Labute approximate surface area is 114 Å². The Morgan fingerprint density at radius 3 is 2.63 bits per heavy atom. The first-order valence-electron chi connectivity index (χ1n) is 6.76. The zero-order chi connectivity index (χ0) is 13.8. The average molecular weight is 262 g/mol. The van der Waals surface area contributed by atoms with E-state index in [1.165, 1.54) is 5.56 Å². The summed E-state index contributed by atoms with van der Waals surface area (Å²) in [7, 11) is 2.06. The summed E-state index contributed by atoms with van der Waals surface area (Å²) in [5, 5.41) is 9.08. The van der Waals surface area contributed by atoms with Crippen LogP contribution < -0.4 is 0 Å². The summed E-state index contributed by atoms with van der Waals surface area (Å²) >= 11 is 0. The van der Waals surface area contributed by atoms with Gasteiger partial charge in [0.25, 0.3) is 0 Å². The van der Waals surface area contributed by atoms with Crippen LogP contribution in [0.15, 0.2) is 30.3 Å². The molecule has 1 N–H and O–H groups in total. The molecule has 4 heteroatoms. The lowest BCUT2D eigenvalue weighted by atomic mass is 10.0. The van der Waals surface area contributed by atoms with Crippen LogP contribution in [-0.2, 0) is 11.3 Å². The highest BCUT2D eigenvalue weighted by Crippen LogP contribution is 2.20. The Morgan fingerprint density at radius 1 is 1.32 bits per heavy atom. The molecule has 0 unspecified atom stereocenters. The van der Waals surface area contributed by atoms with Crippen LogP contribution in [0.5, 0.6) is 0 Å². The minimum absolute atomic E-state index is 0.0893. The van der Waals surface area contributed by atoms with E-state index in [-0.39, 0.29) is 12.5 Å². The van der Waals surface area contributed by atoms with Crippen LogP contribution in [0.3, 0.4) is 0 Å². The summed E-state index contributed by atoms with van der Waals surface area (Å²) in [6.45, 7) is 4.81. The molecule has 1 aromatic rings. The quantitative estimate of drug-likeness (QED) is 0.896. The van der Waals surface area contributed by atoms with Gasteiger partial charge in [-0.3, -0.25) is 9.69 Å². The van der Waals surface area contributed by atoms with Gasteiger partial charge in [0.05, 0.1) is 6.42 Å². The third-order valence-corrected chi connectivity index (χ3v) is 3.75. The summed E-state index contributed by atoms with van der Waals surface area (Å²) in [5.74, 6) is -0.717. The van der Waals surface area contributed by atoms with Crippen molar-refractivity contribution in [1.82, 2.24) is 9.80 Å². The highest BCUT2D eigenvalue weighted by atomic mass is 16.4. The molecule has 19 heavy (non-hydrogen) atoms. The van der Waals surface area contributed by atoms with Crippen LogP contribution >= 0.6 is 0 Å². The van der Waals surface area contributed by atoms with Crippen molar-refractivity contribution in [3.8, 4) is 0 Å². The van der Waals surface area contributed by atoms with Gasteiger partial charge in [-0.25, -0.2) is 0 Å². The minimum Gasteiger partial charge on any atom is -0.481 e. The molecule has 1 aliphatic rings. The first-order valence-corrected chi connectivity index (χ1v) is 6.76. The van der Waals surface area contributed by atoms with E-state index in [1.807, 2.05) is 18.2 Å². The minimum atomic E-state index is -0.717. The number of piperazine rings is 1. The third-order valence-electron chi connectivity index (χ3n) is 3.75. The van der Waals surface area contributed by atoms with Gasteiger partial charge in [0.1, 0.15) is 0 Å². The lowest BCUT2D eigenvalue weighted by Gasteiger charge is -2.44. The largest absolute Gasteiger partial charge is 0.481 e. The topological polar surface area (TPSA) is 43.8 Å². The molecule has 0 amide bonds. The van der Waals surface area contributed by atoms with E-state index in [4.69, 9.17) is 5.11 Å². The molecule has 1 aliphatic heterocycles. The number of carboxylic acids is 1. The van der Waals surface area contributed by atoms with E-state index in [2.05, 4.69) is 35.9 Å². The van der Waals surface area contributed by atoms with Crippen molar-refractivity contribution in [3.05, 3.63) is 35.9 Å². The van der Waals surface area contributed by atoms with Crippen molar-refractivity contribution in [2.24, 2.45) is 0 Å². The van der Waals surface area contributed by atoms with Gasteiger partial charge in [-0.15, -0.1) is 0 Å². The molecule has 0 saturated carbocycles. The van der Waals surface area contributed by atoms with E-state index in [1.54, 1.807) is 0 Å². The highest BCUT2D eigenvalue weighted by Gasteiger charge is 2.31. The molecular weight excluding hydrogens is 240 g/mol. The van der Waals surface area contributed by atoms with Crippen LogP contribution in [0.25, 0.3) is 0 Å². The maximum absolute atomic E-state index is 11.0. The van der Waals surface area contributed by atoms with E-state index < -0.39 is 5.97 Å². The zero-order valence-electron chi connectivity index (χ0n) is 11.6. The smallest absolute Gasteiger partial charge is 0.304 e. The molecule has 1 aromatic carbocycles. The van der Waals surface area contributed by atoms with Crippen LogP contribution in [-0.4, -0.2) is 53.1 Å². The van der Waals surface area contributed by atoms with Gasteiger partial charge < -0.3 is 10.0 Å². The summed E-state index contributed by atoms with van der Waals surface area (Å²) in [4.78, 5) is 15.6. The van der Waals surface area contributed by atoms with E-state index >= 15 is 0 Å². The summed E-state index contributed by atoms with van der Waals surface area (Å²) in [5.41, 5.74) is 1.24. The zero-order valence-corrected chi connectivity index (χ0v) is 11.6. The van der Waals surface area contributed by atoms with Gasteiger partial charge in [-0.1, -0.05) is 30.3 Å². The second kappa shape index (κ2) is 6.17. The number of aliphatic carboxylic acids is 1. The predicted octanol–water partition coefficient (Wildman–Crippen LogP) is 1.67. The Kier molecular flexibility index (Phi) is 4.56. The first-order chi connectivity index (χ1) is 9.06. The highest BCUT2D eigenvalue weighted by molar-refractivity contribution is 5.67. The Balaban J connectivity index is 2.11. The van der Waals surface area contributed by atoms with Crippen molar-refractivity contribution in [2.75, 3.05) is 20.1 Å². The van der Waals surface area contributed by atoms with Gasteiger partial charge in [-0.2, -0.15) is 0 Å². The number of benzene rings is 1. The van der Waals surface area contributed by atoms with Gasteiger partial charge in [0.15, 0.2) is 0 Å². The van der Waals surface area contributed by atoms with Crippen molar-refractivity contribution >= 4 is 5.97 Å². The van der Waals surface area contributed by atoms with Gasteiger partial charge in [0, 0.05) is 31.7 Å². The molecule has 0 aliphatic carbocycles. The van der Waals surface area contributed by atoms with E-state index in [0.717, 1.165) is 19.6 Å². The maximum atomic E-state index is 11.0. The normalized spacial score (nSPS) is 25.4. The number of hydrogen-bond acceptors (Lipinski definition) is 3. The lowest BCUT2D eigenvalue weighted by Crippen LogP contribution is -2.56. The molecular formula is C15H22N2O2. The summed E-state index contributed by atoms with van der Waals surface area (Å²) in [6, 6.07) is 10.7. The van der Waals surface area contributed by atoms with Crippen LogP contribution in [0.2, 0.25) is 0 Å². The SMILES string of the molecule is C[C@H]1CN(C)C[C@@H](CC(=O)O)N1Cc1ccccc1. The fourth-order valence-corrected chi connectivity index (χ4v) is 2.92. The molecule has 1 saturated heterocycles. The Hall–Kier alpha value is -1.39. The van der Waals surface area contributed by atoms with Crippen molar-refractivity contribution in [1.29, 1.82) is 0 Å². The number of hydrogen-bond donors (Lipinski definition) is 1. The van der Waals surface area contributed by atoms with E-state index in [9.17, 15) is 4.79 Å². The van der Waals surface area contributed by atoms with Crippen LogP contribution in [0, 0.1) is 0 Å². The lowest BCUT2D eigenvalue weighted by molar-refractivity contribution is -0.139. The molecule has 0 radical (unpaired) electrons. The molecule has 4 nitrogen and oxygen atoms in total. The molecule has 2 atom stereocenters. The third kappa shape index (κ3) is 3.78. The van der Waals surface area contributed by atoms with Gasteiger partial charge in [-0.05, 0) is 19.5 Å². The predicted molar refractivity (Wildman–Crippen MR) is 75.0 cm³/mol. The number of likely N-dealkylation sites (N-methyl/N-ethyl adjacent to an activating group) is 1. The molecule has 0 bridgehead atoms. The molecule has 1 fully saturated rings. The van der Waals surface area contributed by atoms with E-state index in [0.29, 0.717) is 6.04 Å². The Bertz CT molecular complexity index is 421. The molecule has 0 spiro atoms. The first kappa shape index (κ1) is 14.0. The second-order valence-corrected chi connectivity index (χ2v) is 5.48. The van der Waals surface area contributed by atoms with Crippen molar-refractivity contribution in [3.63, 3.8) is 0 Å². The molecule has 1 heterocycles. The van der Waals surface area contributed by atoms with Crippen molar-refractivity contribution < 1.29 is 9.90 Å². The number of carboxylic acid groups (broad SMARTS) is 1. The van der Waals surface area contributed by atoms with Crippen LogP contribution in [0.1, 0.15) is 18.9 Å². The molecule has 2 rings (SSSR count). The second-order valence-electron chi connectivity index (χ2n) is 5.48. The van der Waals surface area contributed by atoms with Gasteiger partial charge >= 0.3 is 5.97 Å². The number of rotatable bonds is 4. The fraction of sp³-hybridized carbons (Fsp3) is 0.533. The molecule has 104 valence electrons. The average Bonchev–Trinajstić information content (AvgIpc) is 2.34. The number of carbonyl (C=O) groups is 1. The summed E-state index contributed by atoms with van der Waals surface area (Å²) < 4.78 is 0. The van der Waals surface area contributed by atoms with Gasteiger partial charge in [0.2, 0.25) is 0 Å². The van der Waals surface area contributed by atoms with Crippen LogP contribution in [0.4, 0.5) is 0 Å². The summed E-state index contributed by atoms with van der Waals surface area (Å²) in [6.07, 6.45) is 0.210. The molecule has 0 aromatic heterocycles. The van der Waals surface area contributed by atoms with Crippen molar-refractivity contribution in [2.45, 2.75) is 32.0 Å². The standard InChI is InChI=1S/C15H22N2O2/c1-12-9-16(2)11-14(8-15(18)19)17(12)10-13-6-4-3-5-7-13/h3-7,12,14H,8-11H2,1-2H3,(H,18,19)/t12-,14+/m0/s1. The maximum Gasteiger partial charge on any atom is 0.304 e. The monoisotopic (exact) mass is 262 g/mol. The Morgan fingerprint density at radius 2 is 2.00 bits per heavy atom.